The van der Waals surface area contributed by atoms with Gasteiger partial charge in [0.2, 0.25) is 0 Å². The summed E-state index contributed by atoms with van der Waals surface area (Å²) in [6.45, 7) is 0.586. The Morgan fingerprint density at radius 1 is 1.20 bits per heavy atom. The van der Waals surface area contributed by atoms with Gasteiger partial charge in [0, 0.05) is 17.1 Å². The van der Waals surface area contributed by atoms with Crippen molar-refractivity contribution in [3.8, 4) is 5.75 Å². The molecule has 3 rings (SSSR count). The lowest BCUT2D eigenvalue weighted by Gasteiger charge is -2.10. The van der Waals surface area contributed by atoms with Crippen molar-refractivity contribution in [1.29, 1.82) is 0 Å². The zero-order valence-electron chi connectivity index (χ0n) is 10.9. The van der Waals surface area contributed by atoms with Gasteiger partial charge < -0.3 is 10.1 Å². The van der Waals surface area contributed by atoms with Crippen LogP contribution in [-0.4, -0.2) is 12.1 Å². The summed E-state index contributed by atoms with van der Waals surface area (Å²) in [6.07, 6.45) is 0. The Morgan fingerprint density at radius 3 is 2.85 bits per heavy atom. The lowest BCUT2D eigenvalue weighted by molar-refractivity contribution is 0.410. The van der Waals surface area contributed by atoms with E-state index >= 15 is 0 Å². The van der Waals surface area contributed by atoms with Crippen LogP contribution in [-0.2, 0) is 6.54 Å². The monoisotopic (exact) mass is 304 g/mol. The fraction of sp³-hybridized carbons (Fsp3) is 0.133. The van der Waals surface area contributed by atoms with Gasteiger partial charge in [-0.1, -0.05) is 41.1 Å². The number of nitrogens with one attached hydrogen (secondary N) is 1. The van der Waals surface area contributed by atoms with Gasteiger partial charge in [-0.25, -0.2) is 4.98 Å². The number of methoxy groups -OCH3 is 1. The van der Waals surface area contributed by atoms with Gasteiger partial charge >= 0.3 is 0 Å². The zero-order chi connectivity index (χ0) is 13.9. The maximum Gasteiger partial charge on any atom is 0.184 e. The smallest absolute Gasteiger partial charge is 0.184 e. The van der Waals surface area contributed by atoms with E-state index in [9.17, 15) is 0 Å². The summed E-state index contributed by atoms with van der Waals surface area (Å²) >= 11 is 7.85. The number of benzene rings is 2. The summed E-state index contributed by atoms with van der Waals surface area (Å²) in [5, 5.41) is 4.88. The van der Waals surface area contributed by atoms with Crippen LogP contribution in [0.3, 0.4) is 0 Å². The fourth-order valence-electron chi connectivity index (χ4n) is 2.01. The highest BCUT2D eigenvalue weighted by Crippen LogP contribution is 2.29. The summed E-state index contributed by atoms with van der Waals surface area (Å²) in [6, 6.07) is 13.7. The van der Waals surface area contributed by atoms with Gasteiger partial charge in [-0.2, -0.15) is 0 Å². The predicted molar refractivity (Wildman–Crippen MR) is 85.0 cm³/mol. The summed E-state index contributed by atoms with van der Waals surface area (Å²) in [7, 11) is 1.65. The number of halogens is 1. The number of aromatic nitrogens is 1. The van der Waals surface area contributed by atoms with Crippen molar-refractivity contribution in [3.05, 3.63) is 53.1 Å². The lowest BCUT2D eigenvalue weighted by atomic mass is 10.2. The molecule has 20 heavy (non-hydrogen) atoms. The van der Waals surface area contributed by atoms with Gasteiger partial charge in [0.25, 0.3) is 0 Å². The van der Waals surface area contributed by atoms with E-state index in [4.69, 9.17) is 16.3 Å². The van der Waals surface area contributed by atoms with Crippen LogP contribution in [0.25, 0.3) is 10.2 Å². The molecule has 1 heterocycles. The van der Waals surface area contributed by atoms with Crippen molar-refractivity contribution < 1.29 is 4.74 Å². The number of hydrogen-bond donors (Lipinski definition) is 1. The molecule has 1 N–H and O–H groups in total. The first kappa shape index (κ1) is 13.2. The zero-order valence-corrected chi connectivity index (χ0v) is 12.5. The van der Waals surface area contributed by atoms with Crippen molar-refractivity contribution in [2.75, 3.05) is 12.4 Å². The average molecular weight is 305 g/mol. The van der Waals surface area contributed by atoms with Gasteiger partial charge in [0.05, 0.1) is 17.3 Å². The van der Waals surface area contributed by atoms with Crippen LogP contribution in [0.1, 0.15) is 5.56 Å². The number of rotatable bonds is 4. The fourth-order valence-corrected chi connectivity index (χ4v) is 3.11. The average Bonchev–Trinajstić information content (AvgIpc) is 2.88. The van der Waals surface area contributed by atoms with E-state index in [1.54, 1.807) is 18.4 Å². The van der Waals surface area contributed by atoms with E-state index in [0.717, 1.165) is 22.0 Å². The third-order valence-electron chi connectivity index (χ3n) is 3.01. The summed E-state index contributed by atoms with van der Waals surface area (Å²) < 4.78 is 6.50. The first-order valence-corrected chi connectivity index (χ1v) is 7.38. The summed E-state index contributed by atoms with van der Waals surface area (Å²) in [4.78, 5) is 4.54. The number of fused-ring (bicyclic) bond motifs is 1. The van der Waals surface area contributed by atoms with Gasteiger partial charge in [0.1, 0.15) is 5.75 Å². The van der Waals surface area contributed by atoms with Crippen LogP contribution in [0, 0.1) is 0 Å². The third-order valence-corrected chi connectivity index (χ3v) is 4.35. The van der Waals surface area contributed by atoms with Crippen LogP contribution in [0.15, 0.2) is 42.5 Å². The number of thiazole rings is 1. The minimum Gasteiger partial charge on any atom is -0.496 e. The quantitative estimate of drug-likeness (QED) is 0.766. The van der Waals surface area contributed by atoms with Crippen LogP contribution < -0.4 is 10.1 Å². The Bertz CT molecular complexity index is 709. The molecular weight excluding hydrogens is 292 g/mol. The standard InChI is InChI=1S/C15H13ClN2OS/c1-19-13-7-4-5-11(16)10(13)9-17-15-18-12-6-2-3-8-14(12)20-15/h2-8H,9H2,1H3,(H,17,18). The largest absolute Gasteiger partial charge is 0.496 e. The molecule has 0 bridgehead atoms. The first-order chi connectivity index (χ1) is 9.78. The third kappa shape index (κ3) is 2.57. The second-order valence-electron chi connectivity index (χ2n) is 4.26. The Labute approximate surface area is 126 Å². The van der Waals surface area contributed by atoms with E-state index in [1.807, 2.05) is 36.4 Å². The Hall–Kier alpha value is -1.78. The van der Waals surface area contributed by atoms with Gasteiger partial charge in [0.15, 0.2) is 5.13 Å². The molecule has 0 saturated carbocycles. The maximum atomic E-state index is 6.22. The predicted octanol–water partition coefficient (Wildman–Crippen LogP) is 4.57. The molecule has 0 aliphatic carbocycles. The highest BCUT2D eigenvalue weighted by molar-refractivity contribution is 7.22. The second kappa shape index (κ2) is 5.69. The Balaban J connectivity index is 1.82. The van der Waals surface area contributed by atoms with Gasteiger partial charge in [-0.15, -0.1) is 0 Å². The molecule has 2 aromatic carbocycles. The SMILES string of the molecule is COc1cccc(Cl)c1CNc1nc2ccccc2s1. The number of para-hydroxylation sites is 1. The number of anilines is 1. The molecule has 0 fully saturated rings. The van der Waals surface area contributed by atoms with Crippen LogP contribution in [0.4, 0.5) is 5.13 Å². The van der Waals surface area contributed by atoms with Crippen molar-refractivity contribution in [3.63, 3.8) is 0 Å². The highest BCUT2D eigenvalue weighted by Gasteiger charge is 2.09. The molecule has 0 atom stereocenters. The van der Waals surface area contributed by atoms with E-state index in [0.29, 0.717) is 11.6 Å². The number of hydrogen-bond acceptors (Lipinski definition) is 4. The molecule has 5 heteroatoms. The van der Waals surface area contributed by atoms with E-state index in [1.165, 1.54) is 4.70 Å². The Kier molecular flexibility index (Phi) is 3.76. The number of nitrogens with zero attached hydrogens (tertiary/aromatic N) is 1. The molecule has 0 aliphatic rings. The molecule has 0 spiro atoms. The molecule has 0 unspecified atom stereocenters. The molecule has 0 amide bonds. The van der Waals surface area contributed by atoms with Gasteiger partial charge in [-0.3, -0.25) is 0 Å². The van der Waals surface area contributed by atoms with E-state index < -0.39 is 0 Å². The van der Waals surface area contributed by atoms with Crippen molar-refractivity contribution in [1.82, 2.24) is 4.98 Å². The maximum absolute atomic E-state index is 6.22. The molecule has 102 valence electrons. The first-order valence-electron chi connectivity index (χ1n) is 6.19. The number of ether oxygens (including phenoxy) is 1. The van der Waals surface area contributed by atoms with Gasteiger partial charge in [-0.05, 0) is 24.3 Å². The Morgan fingerprint density at radius 2 is 2.05 bits per heavy atom. The second-order valence-corrected chi connectivity index (χ2v) is 5.70. The topological polar surface area (TPSA) is 34.1 Å². The van der Waals surface area contributed by atoms with Crippen LogP contribution >= 0.6 is 22.9 Å². The highest BCUT2D eigenvalue weighted by atomic mass is 35.5. The van der Waals surface area contributed by atoms with Crippen LogP contribution in [0.5, 0.6) is 5.75 Å². The molecule has 1 aromatic heterocycles. The summed E-state index contributed by atoms with van der Waals surface area (Å²) in [5.41, 5.74) is 1.95. The molecule has 0 radical (unpaired) electrons. The van der Waals surface area contributed by atoms with Crippen molar-refractivity contribution >= 4 is 38.3 Å². The molecule has 0 aliphatic heterocycles. The van der Waals surface area contributed by atoms with Crippen LogP contribution in [0.2, 0.25) is 5.02 Å². The van der Waals surface area contributed by atoms with Crippen molar-refractivity contribution in [2.45, 2.75) is 6.54 Å². The normalized spacial score (nSPS) is 10.7. The van der Waals surface area contributed by atoms with E-state index in [-0.39, 0.29) is 0 Å². The molecule has 3 nitrogen and oxygen atoms in total. The minimum absolute atomic E-state index is 0.586. The lowest BCUT2D eigenvalue weighted by Crippen LogP contribution is -2.02. The minimum atomic E-state index is 0.586. The molecule has 3 aromatic rings. The summed E-state index contributed by atoms with van der Waals surface area (Å²) in [5.74, 6) is 0.783. The van der Waals surface area contributed by atoms with E-state index in [2.05, 4.69) is 16.4 Å². The molecule has 0 saturated heterocycles. The van der Waals surface area contributed by atoms with Crippen molar-refractivity contribution in [2.24, 2.45) is 0 Å². The molecular formula is C15H13ClN2OS.